The van der Waals surface area contributed by atoms with Crippen LogP contribution >= 0.6 is 0 Å². The molecule has 10 heteroatoms. The van der Waals surface area contributed by atoms with Gasteiger partial charge in [0.1, 0.15) is 5.82 Å². The monoisotopic (exact) mass is 508 g/mol. The van der Waals surface area contributed by atoms with Crippen molar-refractivity contribution < 1.29 is 22.6 Å². The largest absolute Gasteiger partial charge is 0.481 e. The van der Waals surface area contributed by atoms with Crippen molar-refractivity contribution in [2.45, 2.75) is 18.4 Å². The van der Waals surface area contributed by atoms with Crippen LogP contribution in [0.5, 0.6) is 11.8 Å². The minimum atomic E-state index is -2.17. The maximum absolute atomic E-state index is 13.9. The highest BCUT2D eigenvalue weighted by Crippen LogP contribution is 2.42. The molecule has 1 aromatic carbocycles. The number of nitrogens with one attached hydrogen (secondary N) is 1. The number of hydrogen-bond acceptors (Lipinski definition) is 6. The summed E-state index contributed by atoms with van der Waals surface area (Å²) in [4.78, 5) is 13.6. The minimum Gasteiger partial charge on any atom is -0.481 e. The highest BCUT2D eigenvalue weighted by atomic mass is 32.2. The van der Waals surface area contributed by atoms with Gasteiger partial charge in [-0.15, -0.1) is 0 Å². The zero-order valence-corrected chi connectivity index (χ0v) is 20.5. The second-order valence-corrected chi connectivity index (χ2v) is 8.69. The number of pyridine rings is 3. The van der Waals surface area contributed by atoms with Crippen LogP contribution in [-0.2, 0) is 17.8 Å². The molecule has 0 fully saturated rings. The van der Waals surface area contributed by atoms with Crippen molar-refractivity contribution in [3.63, 3.8) is 0 Å². The molecule has 0 aliphatic rings. The van der Waals surface area contributed by atoms with Gasteiger partial charge in [-0.3, -0.25) is 9.54 Å². The van der Waals surface area contributed by atoms with Crippen LogP contribution in [0.4, 0.5) is 4.39 Å². The Morgan fingerprint density at radius 3 is 1.94 bits per heavy atom. The Balaban J connectivity index is 1.89. The van der Waals surface area contributed by atoms with E-state index in [0.29, 0.717) is 23.1 Å². The van der Waals surface area contributed by atoms with Crippen LogP contribution in [0.2, 0.25) is 0 Å². The van der Waals surface area contributed by atoms with Gasteiger partial charge < -0.3 is 9.47 Å². The van der Waals surface area contributed by atoms with Gasteiger partial charge in [-0.2, -0.15) is 0 Å². The first-order valence-corrected chi connectivity index (χ1v) is 12.1. The molecule has 0 amide bonds. The first-order chi connectivity index (χ1) is 17.5. The second kappa shape index (κ2) is 11.8. The van der Waals surface area contributed by atoms with E-state index in [-0.39, 0.29) is 24.2 Å². The lowest BCUT2D eigenvalue weighted by Gasteiger charge is -2.28. The Bertz CT molecular complexity index is 1260. The van der Waals surface area contributed by atoms with E-state index in [1.807, 2.05) is 24.3 Å². The van der Waals surface area contributed by atoms with Crippen LogP contribution < -0.4 is 14.2 Å². The standard InChI is InChI=1S/C26H25FN4O4S/c1-34-23-12-8-18(14-28-23)25(19-9-13-24(35-2)29-15-19)26(17-6-10-20(27)11-7-17)22-5-3-4-21(31-22)16-30-36(32)33/h3-15,25-26,30H,16H2,1-2H3,(H,32,33). The minimum absolute atomic E-state index is 0.103. The molecule has 0 bridgehead atoms. The number of aromatic nitrogens is 3. The fourth-order valence-electron chi connectivity index (χ4n) is 4.08. The number of nitrogens with zero attached hydrogens (tertiary/aromatic N) is 3. The summed E-state index contributed by atoms with van der Waals surface area (Å²) in [6, 6.07) is 19.2. The Morgan fingerprint density at radius 2 is 1.44 bits per heavy atom. The SMILES string of the molecule is COc1ccc(C(c2ccc(OC)nc2)C(c2ccc(F)cc2)c2cccc(CNS(=O)O)n2)cn1. The van der Waals surface area contributed by atoms with Crippen molar-refractivity contribution in [1.82, 2.24) is 19.7 Å². The molecule has 0 radical (unpaired) electrons. The Labute approximate surface area is 211 Å². The van der Waals surface area contributed by atoms with E-state index in [2.05, 4.69) is 14.7 Å². The summed E-state index contributed by atoms with van der Waals surface area (Å²) in [5.41, 5.74) is 3.86. The van der Waals surface area contributed by atoms with E-state index in [0.717, 1.165) is 16.7 Å². The van der Waals surface area contributed by atoms with Gasteiger partial charge in [-0.05, 0) is 41.0 Å². The van der Waals surface area contributed by atoms with Crippen LogP contribution in [0.25, 0.3) is 0 Å². The number of benzene rings is 1. The maximum Gasteiger partial charge on any atom is 0.232 e. The van der Waals surface area contributed by atoms with Gasteiger partial charge in [0.05, 0.1) is 26.5 Å². The smallest absolute Gasteiger partial charge is 0.232 e. The van der Waals surface area contributed by atoms with Gasteiger partial charge in [0.15, 0.2) is 0 Å². The van der Waals surface area contributed by atoms with Gasteiger partial charge in [-0.25, -0.2) is 23.3 Å². The van der Waals surface area contributed by atoms with Gasteiger partial charge in [0.25, 0.3) is 0 Å². The van der Waals surface area contributed by atoms with Crippen LogP contribution in [0.3, 0.4) is 0 Å². The fourth-order valence-corrected chi connectivity index (χ4v) is 4.35. The van der Waals surface area contributed by atoms with E-state index >= 15 is 0 Å². The van der Waals surface area contributed by atoms with Crippen LogP contribution in [0.1, 0.15) is 39.9 Å². The van der Waals surface area contributed by atoms with Crippen molar-refractivity contribution in [1.29, 1.82) is 0 Å². The van der Waals surface area contributed by atoms with Crippen molar-refractivity contribution in [2.24, 2.45) is 0 Å². The third-order valence-corrected chi connectivity index (χ3v) is 6.13. The zero-order valence-electron chi connectivity index (χ0n) is 19.7. The molecule has 3 heterocycles. The second-order valence-electron chi connectivity index (χ2n) is 7.90. The van der Waals surface area contributed by atoms with E-state index in [1.165, 1.54) is 12.1 Å². The van der Waals surface area contributed by atoms with Gasteiger partial charge in [0.2, 0.25) is 23.0 Å². The predicted octanol–water partition coefficient (Wildman–Crippen LogP) is 4.22. The maximum atomic E-state index is 13.9. The molecule has 4 aromatic rings. The van der Waals surface area contributed by atoms with E-state index in [1.54, 1.807) is 56.9 Å². The zero-order chi connectivity index (χ0) is 25.5. The fraction of sp³-hybridized carbons (Fsp3) is 0.192. The van der Waals surface area contributed by atoms with Crippen molar-refractivity contribution in [3.8, 4) is 11.8 Å². The molecule has 2 atom stereocenters. The molecule has 0 saturated carbocycles. The molecule has 36 heavy (non-hydrogen) atoms. The highest BCUT2D eigenvalue weighted by molar-refractivity contribution is 7.77. The molecule has 2 unspecified atom stereocenters. The summed E-state index contributed by atoms with van der Waals surface area (Å²) in [7, 11) is 3.11. The molecule has 2 N–H and O–H groups in total. The summed E-state index contributed by atoms with van der Waals surface area (Å²) in [6.45, 7) is 0.103. The first-order valence-electron chi connectivity index (χ1n) is 11.0. The molecule has 0 aliphatic heterocycles. The third kappa shape index (κ3) is 6.09. The quantitative estimate of drug-likeness (QED) is 0.309. The Kier molecular flexibility index (Phi) is 8.32. The summed E-state index contributed by atoms with van der Waals surface area (Å²) in [5, 5.41) is 0. The Morgan fingerprint density at radius 1 is 0.861 bits per heavy atom. The summed E-state index contributed by atoms with van der Waals surface area (Å²) >= 11 is -2.17. The molecule has 8 nitrogen and oxygen atoms in total. The summed E-state index contributed by atoms with van der Waals surface area (Å²) in [5.74, 6) is -0.0630. The van der Waals surface area contributed by atoms with Crippen LogP contribution in [-0.4, -0.2) is 37.9 Å². The average molecular weight is 509 g/mol. The number of ether oxygens (including phenoxy) is 2. The molecule has 4 rings (SSSR count). The molecular weight excluding hydrogens is 483 g/mol. The number of halogens is 1. The van der Waals surface area contributed by atoms with Crippen molar-refractivity contribution in [2.75, 3.05) is 14.2 Å². The van der Waals surface area contributed by atoms with Crippen LogP contribution in [0.15, 0.2) is 79.1 Å². The summed E-state index contributed by atoms with van der Waals surface area (Å²) in [6.07, 6.45) is 3.48. The molecule has 186 valence electrons. The van der Waals surface area contributed by atoms with Crippen molar-refractivity contribution in [3.05, 3.63) is 113 Å². The highest BCUT2D eigenvalue weighted by Gasteiger charge is 2.30. The van der Waals surface area contributed by atoms with Gasteiger partial charge in [-0.1, -0.05) is 30.3 Å². The molecular formula is C26H25FN4O4S. The summed E-state index contributed by atoms with van der Waals surface area (Å²) < 4.78 is 47.1. The van der Waals surface area contributed by atoms with E-state index < -0.39 is 11.3 Å². The Hall–Kier alpha value is -3.73. The van der Waals surface area contributed by atoms with Gasteiger partial charge >= 0.3 is 0 Å². The van der Waals surface area contributed by atoms with E-state index in [9.17, 15) is 8.60 Å². The predicted molar refractivity (Wildman–Crippen MR) is 134 cm³/mol. The molecule has 0 saturated heterocycles. The number of methoxy groups -OCH3 is 2. The number of rotatable bonds is 10. The van der Waals surface area contributed by atoms with Gasteiger partial charge in [0, 0.05) is 42.1 Å². The molecule has 3 aromatic heterocycles. The third-order valence-electron chi connectivity index (χ3n) is 5.74. The first kappa shape index (κ1) is 25.4. The molecule has 0 aliphatic carbocycles. The topological polar surface area (TPSA) is 106 Å². The van der Waals surface area contributed by atoms with E-state index in [4.69, 9.17) is 19.0 Å². The number of hydrogen-bond donors (Lipinski definition) is 2. The van der Waals surface area contributed by atoms with Crippen LogP contribution in [0, 0.1) is 5.82 Å². The molecule has 0 spiro atoms. The average Bonchev–Trinajstić information content (AvgIpc) is 2.91. The lowest BCUT2D eigenvalue weighted by atomic mass is 9.76. The van der Waals surface area contributed by atoms with Crippen molar-refractivity contribution >= 4 is 11.3 Å². The normalized spacial score (nSPS) is 12.8. The lowest BCUT2D eigenvalue weighted by Crippen LogP contribution is -2.19. The lowest BCUT2D eigenvalue weighted by molar-refractivity contribution is 0.397.